The van der Waals surface area contributed by atoms with Crippen LogP contribution in [0.4, 0.5) is 0 Å². The number of hydrogen-bond acceptors (Lipinski definition) is 4. The van der Waals surface area contributed by atoms with Gasteiger partial charge in [-0.3, -0.25) is 0 Å². The summed E-state index contributed by atoms with van der Waals surface area (Å²) in [5.41, 5.74) is 1.27. The van der Waals surface area contributed by atoms with Gasteiger partial charge < -0.3 is 19.9 Å². The lowest BCUT2D eigenvalue weighted by atomic mass is 10.1. The molecule has 0 aliphatic heterocycles. The molecular weight excluding hydrogens is 254 g/mol. The molecule has 4 nitrogen and oxygen atoms in total. The van der Waals surface area contributed by atoms with E-state index in [0.29, 0.717) is 12.6 Å². The number of aliphatic hydroxyl groups is 1. The number of benzene rings is 1. The molecule has 20 heavy (non-hydrogen) atoms. The lowest BCUT2D eigenvalue weighted by molar-refractivity contribution is -0.0122. The highest BCUT2D eigenvalue weighted by atomic mass is 16.5. The summed E-state index contributed by atoms with van der Waals surface area (Å²) >= 11 is 0. The van der Waals surface area contributed by atoms with Crippen LogP contribution in [-0.2, 0) is 11.2 Å². The molecule has 4 heteroatoms. The summed E-state index contributed by atoms with van der Waals surface area (Å²) in [5.74, 6) is 0.773. The number of ether oxygens (including phenoxy) is 2. The molecule has 0 spiro atoms. The van der Waals surface area contributed by atoms with Crippen LogP contribution < -0.4 is 10.1 Å². The lowest BCUT2D eigenvalue weighted by Gasteiger charge is -2.15. The predicted molar refractivity (Wildman–Crippen MR) is 81.3 cm³/mol. The molecule has 0 aliphatic rings. The van der Waals surface area contributed by atoms with E-state index in [4.69, 9.17) is 9.47 Å². The van der Waals surface area contributed by atoms with Crippen molar-refractivity contribution >= 4 is 0 Å². The number of rotatable bonds is 9. The highest BCUT2D eigenvalue weighted by Gasteiger charge is 2.07. The van der Waals surface area contributed by atoms with Gasteiger partial charge in [-0.05, 0) is 51.9 Å². The van der Waals surface area contributed by atoms with E-state index in [1.807, 2.05) is 33.0 Å². The largest absolute Gasteiger partial charge is 0.491 e. The monoisotopic (exact) mass is 281 g/mol. The van der Waals surface area contributed by atoms with Crippen molar-refractivity contribution in [2.45, 2.75) is 45.4 Å². The Bertz CT molecular complexity index is 364. The molecule has 0 fully saturated rings. The summed E-state index contributed by atoms with van der Waals surface area (Å²) < 4.78 is 10.9. The van der Waals surface area contributed by atoms with Crippen LogP contribution in [-0.4, -0.2) is 43.6 Å². The van der Waals surface area contributed by atoms with Crippen molar-refractivity contribution in [3.63, 3.8) is 0 Å². The summed E-state index contributed by atoms with van der Waals surface area (Å²) in [6, 6.07) is 8.44. The van der Waals surface area contributed by atoms with Gasteiger partial charge in [0.25, 0.3) is 0 Å². The molecule has 2 unspecified atom stereocenters. The first-order chi connectivity index (χ1) is 9.51. The van der Waals surface area contributed by atoms with Crippen molar-refractivity contribution < 1.29 is 14.6 Å². The van der Waals surface area contributed by atoms with E-state index in [2.05, 4.69) is 24.4 Å². The minimum atomic E-state index is -0.596. The quantitative estimate of drug-likeness (QED) is 0.727. The van der Waals surface area contributed by atoms with Crippen LogP contribution in [0.1, 0.15) is 26.3 Å². The third-order valence-corrected chi connectivity index (χ3v) is 3.02. The van der Waals surface area contributed by atoms with E-state index < -0.39 is 6.10 Å². The SMILES string of the molecule is CNC(C)Cc1ccc(OCC(O)COC(C)C)cc1. The molecule has 114 valence electrons. The van der Waals surface area contributed by atoms with Crippen molar-refractivity contribution in [3.8, 4) is 5.75 Å². The van der Waals surface area contributed by atoms with Crippen LogP contribution in [0.5, 0.6) is 5.75 Å². The molecule has 2 N–H and O–H groups in total. The molecule has 2 atom stereocenters. The zero-order valence-corrected chi connectivity index (χ0v) is 12.9. The average molecular weight is 281 g/mol. The van der Waals surface area contributed by atoms with Crippen molar-refractivity contribution in [1.82, 2.24) is 5.32 Å². The van der Waals surface area contributed by atoms with Gasteiger partial charge in [0.15, 0.2) is 0 Å². The van der Waals surface area contributed by atoms with Gasteiger partial charge in [0, 0.05) is 6.04 Å². The number of hydrogen-bond donors (Lipinski definition) is 2. The fourth-order valence-corrected chi connectivity index (χ4v) is 1.72. The Morgan fingerprint density at radius 2 is 1.75 bits per heavy atom. The normalized spacial score (nSPS) is 14.3. The molecule has 1 rings (SSSR count). The second-order valence-electron chi connectivity index (χ2n) is 5.38. The van der Waals surface area contributed by atoms with Crippen molar-refractivity contribution in [2.75, 3.05) is 20.3 Å². The maximum atomic E-state index is 9.71. The number of nitrogens with one attached hydrogen (secondary N) is 1. The summed E-state index contributed by atoms with van der Waals surface area (Å²) in [6.45, 7) is 6.58. The fraction of sp³-hybridized carbons (Fsp3) is 0.625. The second kappa shape index (κ2) is 8.95. The Balaban J connectivity index is 2.34. The lowest BCUT2D eigenvalue weighted by Crippen LogP contribution is -2.25. The van der Waals surface area contributed by atoms with Gasteiger partial charge in [0.1, 0.15) is 18.5 Å². The molecule has 0 aliphatic carbocycles. The van der Waals surface area contributed by atoms with Crippen LogP contribution in [0.25, 0.3) is 0 Å². The molecule has 0 radical (unpaired) electrons. The van der Waals surface area contributed by atoms with Gasteiger partial charge in [0.05, 0.1) is 12.7 Å². The molecule has 0 bridgehead atoms. The Labute approximate surface area is 122 Å². The Hall–Kier alpha value is -1.10. The molecule has 0 saturated heterocycles. The molecular formula is C16H27NO3. The van der Waals surface area contributed by atoms with Gasteiger partial charge in [-0.25, -0.2) is 0 Å². The van der Waals surface area contributed by atoms with Gasteiger partial charge in [-0.1, -0.05) is 12.1 Å². The van der Waals surface area contributed by atoms with Gasteiger partial charge in [0.2, 0.25) is 0 Å². The van der Waals surface area contributed by atoms with Crippen LogP contribution in [0, 0.1) is 0 Å². The molecule has 0 aromatic heterocycles. The summed E-state index contributed by atoms with van der Waals surface area (Å²) in [5, 5.41) is 12.9. The zero-order chi connectivity index (χ0) is 15.0. The van der Waals surface area contributed by atoms with Crippen molar-refractivity contribution in [3.05, 3.63) is 29.8 Å². The summed E-state index contributed by atoms with van der Waals surface area (Å²) in [7, 11) is 1.96. The van der Waals surface area contributed by atoms with Crippen LogP contribution >= 0.6 is 0 Å². The van der Waals surface area contributed by atoms with Crippen LogP contribution in [0.3, 0.4) is 0 Å². The van der Waals surface area contributed by atoms with E-state index in [0.717, 1.165) is 12.2 Å². The molecule has 1 aromatic rings. The summed E-state index contributed by atoms with van der Waals surface area (Å²) in [4.78, 5) is 0. The van der Waals surface area contributed by atoms with E-state index in [-0.39, 0.29) is 12.7 Å². The zero-order valence-electron chi connectivity index (χ0n) is 12.9. The smallest absolute Gasteiger partial charge is 0.119 e. The first kappa shape index (κ1) is 17.0. The van der Waals surface area contributed by atoms with Crippen LogP contribution in [0.15, 0.2) is 24.3 Å². The first-order valence-electron chi connectivity index (χ1n) is 7.20. The maximum Gasteiger partial charge on any atom is 0.119 e. The Morgan fingerprint density at radius 1 is 1.10 bits per heavy atom. The predicted octanol–water partition coefficient (Wildman–Crippen LogP) is 2.00. The van der Waals surface area contributed by atoms with E-state index in [9.17, 15) is 5.11 Å². The maximum absolute atomic E-state index is 9.71. The van der Waals surface area contributed by atoms with Gasteiger partial charge in [-0.15, -0.1) is 0 Å². The van der Waals surface area contributed by atoms with Gasteiger partial charge in [-0.2, -0.15) is 0 Å². The Kier molecular flexibility index (Phi) is 7.59. The summed E-state index contributed by atoms with van der Waals surface area (Å²) in [6.07, 6.45) is 0.515. The molecule has 0 amide bonds. The topological polar surface area (TPSA) is 50.7 Å². The third-order valence-electron chi connectivity index (χ3n) is 3.02. The highest BCUT2D eigenvalue weighted by Crippen LogP contribution is 2.13. The van der Waals surface area contributed by atoms with Gasteiger partial charge >= 0.3 is 0 Å². The Morgan fingerprint density at radius 3 is 2.30 bits per heavy atom. The van der Waals surface area contributed by atoms with E-state index >= 15 is 0 Å². The highest BCUT2D eigenvalue weighted by molar-refractivity contribution is 5.27. The van der Waals surface area contributed by atoms with Crippen LogP contribution in [0.2, 0.25) is 0 Å². The second-order valence-corrected chi connectivity index (χ2v) is 5.38. The minimum absolute atomic E-state index is 0.123. The van der Waals surface area contributed by atoms with E-state index in [1.54, 1.807) is 0 Å². The minimum Gasteiger partial charge on any atom is -0.491 e. The third kappa shape index (κ3) is 6.89. The molecule has 1 aromatic carbocycles. The average Bonchev–Trinajstić information content (AvgIpc) is 2.44. The molecule has 0 saturated carbocycles. The first-order valence-corrected chi connectivity index (χ1v) is 7.20. The molecule has 0 heterocycles. The fourth-order valence-electron chi connectivity index (χ4n) is 1.72. The van der Waals surface area contributed by atoms with E-state index in [1.165, 1.54) is 5.56 Å². The number of aliphatic hydroxyl groups excluding tert-OH is 1. The van der Waals surface area contributed by atoms with Crippen molar-refractivity contribution in [1.29, 1.82) is 0 Å². The van der Waals surface area contributed by atoms with Crippen molar-refractivity contribution in [2.24, 2.45) is 0 Å². The number of likely N-dealkylation sites (N-methyl/N-ethyl adjacent to an activating group) is 1. The standard InChI is InChI=1S/C16H27NO3/c1-12(2)19-10-15(18)11-20-16-7-5-14(6-8-16)9-13(3)17-4/h5-8,12-13,15,17-18H,9-11H2,1-4H3.